The van der Waals surface area contributed by atoms with Gasteiger partial charge in [-0.25, -0.2) is 0 Å². The zero-order valence-corrected chi connectivity index (χ0v) is 9.84. The van der Waals surface area contributed by atoms with Crippen molar-refractivity contribution in [3.8, 4) is 0 Å². The smallest absolute Gasteiger partial charge is 0.160 e. The Morgan fingerprint density at radius 3 is 2.07 bits per heavy atom. The highest BCUT2D eigenvalue weighted by Crippen LogP contribution is 2.31. The summed E-state index contributed by atoms with van der Waals surface area (Å²) in [6, 6.07) is 0. The van der Waals surface area contributed by atoms with Gasteiger partial charge in [-0.2, -0.15) is 0 Å². The van der Waals surface area contributed by atoms with Crippen LogP contribution in [0.25, 0.3) is 0 Å². The Morgan fingerprint density at radius 2 is 1.60 bits per heavy atom. The van der Waals surface area contributed by atoms with E-state index in [4.69, 9.17) is 4.74 Å². The van der Waals surface area contributed by atoms with Crippen LogP contribution in [-0.4, -0.2) is 39.9 Å². The van der Waals surface area contributed by atoms with E-state index in [1.165, 1.54) is 0 Å². The largest absolute Gasteiger partial charge is 0.390 e. The van der Waals surface area contributed by atoms with Crippen LogP contribution in [0.1, 0.15) is 34.1 Å². The number of aliphatic hydroxyl groups excluding tert-OH is 3. The highest BCUT2D eigenvalue weighted by atomic mass is 16.6. The Balaban J connectivity index is 2.67. The fourth-order valence-electron chi connectivity index (χ4n) is 1.86. The molecule has 5 unspecified atom stereocenters. The van der Waals surface area contributed by atoms with Gasteiger partial charge in [0.15, 0.2) is 6.29 Å². The summed E-state index contributed by atoms with van der Waals surface area (Å²) in [6.45, 7) is 7.74. The predicted octanol–water partition coefficient (Wildman–Crippen LogP) is 0.498. The maximum absolute atomic E-state index is 9.80. The van der Waals surface area contributed by atoms with Crippen LogP contribution >= 0.6 is 0 Å². The molecule has 0 aromatic carbocycles. The Labute approximate surface area is 90.9 Å². The molecule has 0 aliphatic carbocycles. The number of aliphatic hydroxyl groups is 3. The van der Waals surface area contributed by atoms with Crippen molar-refractivity contribution in [1.82, 2.24) is 0 Å². The molecule has 1 rings (SSSR count). The summed E-state index contributed by atoms with van der Waals surface area (Å²) < 4.78 is 5.30. The van der Waals surface area contributed by atoms with E-state index in [0.717, 1.165) is 0 Å². The number of rotatable bonds is 1. The van der Waals surface area contributed by atoms with Gasteiger partial charge in [-0.15, -0.1) is 0 Å². The van der Waals surface area contributed by atoms with Gasteiger partial charge in [0, 0.05) is 5.92 Å². The van der Waals surface area contributed by atoms with Crippen LogP contribution in [0.3, 0.4) is 0 Å². The van der Waals surface area contributed by atoms with Crippen molar-refractivity contribution in [2.24, 2.45) is 11.3 Å². The van der Waals surface area contributed by atoms with Gasteiger partial charge in [0.2, 0.25) is 0 Å². The van der Waals surface area contributed by atoms with Crippen molar-refractivity contribution in [3.63, 3.8) is 0 Å². The van der Waals surface area contributed by atoms with E-state index >= 15 is 0 Å². The van der Waals surface area contributed by atoms with Crippen molar-refractivity contribution in [3.05, 3.63) is 0 Å². The summed E-state index contributed by atoms with van der Waals surface area (Å²) in [6.07, 6.45) is -2.71. The molecule has 0 saturated carbocycles. The van der Waals surface area contributed by atoms with Crippen molar-refractivity contribution in [2.45, 2.75) is 58.7 Å². The van der Waals surface area contributed by atoms with Crippen molar-refractivity contribution >= 4 is 0 Å². The summed E-state index contributed by atoms with van der Waals surface area (Å²) in [5.74, 6) is -0.448. The minimum Gasteiger partial charge on any atom is -0.390 e. The summed E-state index contributed by atoms with van der Waals surface area (Å²) in [7, 11) is 0. The molecule has 0 aromatic rings. The molecule has 1 saturated heterocycles. The molecule has 0 radical (unpaired) electrons. The van der Waals surface area contributed by atoms with Crippen LogP contribution in [0.4, 0.5) is 0 Å². The lowest BCUT2D eigenvalue weighted by atomic mass is 9.83. The summed E-state index contributed by atoms with van der Waals surface area (Å²) in [4.78, 5) is 0. The van der Waals surface area contributed by atoms with Gasteiger partial charge in [-0.3, -0.25) is 0 Å². The predicted molar refractivity (Wildman–Crippen MR) is 56.1 cm³/mol. The van der Waals surface area contributed by atoms with Crippen LogP contribution in [0.2, 0.25) is 0 Å². The molecule has 1 aliphatic heterocycles. The first-order valence-electron chi connectivity index (χ1n) is 5.42. The number of hydrogen-bond donors (Lipinski definition) is 3. The average molecular weight is 218 g/mol. The van der Waals surface area contributed by atoms with Gasteiger partial charge in [-0.05, 0) is 11.8 Å². The van der Waals surface area contributed by atoms with Crippen LogP contribution in [0.15, 0.2) is 0 Å². The van der Waals surface area contributed by atoms with E-state index in [1.807, 2.05) is 20.8 Å². The second-order valence-corrected chi connectivity index (χ2v) is 5.67. The third-order valence-corrected chi connectivity index (χ3v) is 2.85. The molecule has 15 heavy (non-hydrogen) atoms. The molecule has 4 nitrogen and oxygen atoms in total. The van der Waals surface area contributed by atoms with Gasteiger partial charge in [0.1, 0.15) is 6.10 Å². The third kappa shape index (κ3) is 3.14. The maximum atomic E-state index is 9.80. The highest BCUT2D eigenvalue weighted by Gasteiger charge is 2.42. The normalized spacial score (nSPS) is 43.0. The Morgan fingerprint density at radius 1 is 1.07 bits per heavy atom. The fourth-order valence-corrected chi connectivity index (χ4v) is 1.86. The van der Waals surface area contributed by atoms with Gasteiger partial charge >= 0.3 is 0 Å². The molecule has 90 valence electrons. The van der Waals surface area contributed by atoms with Crippen molar-refractivity contribution in [1.29, 1.82) is 0 Å². The zero-order valence-electron chi connectivity index (χ0n) is 9.84. The van der Waals surface area contributed by atoms with E-state index in [9.17, 15) is 15.3 Å². The summed E-state index contributed by atoms with van der Waals surface area (Å²) in [5, 5.41) is 29.0. The first-order valence-corrected chi connectivity index (χ1v) is 5.42. The second-order valence-electron chi connectivity index (χ2n) is 5.67. The SMILES string of the molecule is CC1C(O)OC(CC(C)(C)C)C(O)C1O. The molecule has 3 N–H and O–H groups in total. The maximum Gasteiger partial charge on any atom is 0.160 e. The molecule has 4 heteroatoms. The number of hydrogen-bond acceptors (Lipinski definition) is 4. The molecule has 1 fully saturated rings. The van der Waals surface area contributed by atoms with E-state index < -0.39 is 30.5 Å². The molecular formula is C11H22O4. The van der Waals surface area contributed by atoms with E-state index in [1.54, 1.807) is 6.92 Å². The van der Waals surface area contributed by atoms with Crippen LogP contribution < -0.4 is 0 Å². The topological polar surface area (TPSA) is 69.9 Å². The average Bonchev–Trinajstić information content (AvgIpc) is 2.08. The Kier molecular flexibility index (Phi) is 3.76. The van der Waals surface area contributed by atoms with Gasteiger partial charge in [0.25, 0.3) is 0 Å². The van der Waals surface area contributed by atoms with E-state index in [0.29, 0.717) is 6.42 Å². The summed E-state index contributed by atoms with van der Waals surface area (Å²) in [5.41, 5.74) is -0.00827. The quantitative estimate of drug-likeness (QED) is 0.599. The van der Waals surface area contributed by atoms with Crippen LogP contribution in [0.5, 0.6) is 0 Å². The monoisotopic (exact) mass is 218 g/mol. The third-order valence-electron chi connectivity index (χ3n) is 2.85. The minimum absolute atomic E-state index is 0.00827. The van der Waals surface area contributed by atoms with E-state index in [-0.39, 0.29) is 5.41 Å². The second kappa shape index (κ2) is 4.37. The molecule has 0 aromatic heterocycles. The highest BCUT2D eigenvalue weighted by molar-refractivity contribution is 4.88. The lowest BCUT2D eigenvalue weighted by molar-refractivity contribution is -0.264. The van der Waals surface area contributed by atoms with Gasteiger partial charge in [0.05, 0.1) is 12.2 Å². The van der Waals surface area contributed by atoms with Gasteiger partial charge < -0.3 is 20.1 Å². The summed E-state index contributed by atoms with van der Waals surface area (Å²) >= 11 is 0. The minimum atomic E-state index is -0.990. The Hall–Kier alpha value is -0.160. The Bertz CT molecular complexity index is 211. The van der Waals surface area contributed by atoms with Crippen molar-refractivity contribution in [2.75, 3.05) is 0 Å². The van der Waals surface area contributed by atoms with Crippen LogP contribution in [-0.2, 0) is 4.74 Å². The molecular weight excluding hydrogens is 196 g/mol. The zero-order chi connectivity index (χ0) is 11.8. The molecule has 0 spiro atoms. The van der Waals surface area contributed by atoms with Crippen molar-refractivity contribution < 1.29 is 20.1 Å². The molecule has 1 heterocycles. The molecule has 1 aliphatic rings. The lowest BCUT2D eigenvalue weighted by Crippen LogP contribution is -2.54. The first-order chi connectivity index (χ1) is 6.72. The first kappa shape index (κ1) is 12.9. The number of ether oxygens (including phenoxy) is 1. The fraction of sp³-hybridized carbons (Fsp3) is 1.00. The molecule has 0 amide bonds. The molecule has 5 atom stereocenters. The lowest BCUT2D eigenvalue weighted by Gasteiger charge is -2.41. The van der Waals surface area contributed by atoms with Crippen LogP contribution in [0, 0.1) is 11.3 Å². The standard InChI is InChI=1S/C11H22O4/c1-6-8(12)9(13)7(15-10(6)14)5-11(2,3)4/h6-10,12-14H,5H2,1-4H3. The molecule has 0 bridgehead atoms. The van der Waals surface area contributed by atoms with Gasteiger partial charge in [-0.1, -0.05) is 27.7 Å². The van der Waals surface area contributed by atoms with E-state index in [2.05, 4.69) is 0 Å².